The number of fused-ring (bicyclic) bond motifs is 4. The van der Waals surface area contributed by atoms with Crippen LogP contribution in [0.25, 0.3) is 32.9 Å². The molecule has 2 amide bonds. The predicted octanol–water partition coefficient (Wildman–Crippen LogP) is 6.73. The number of amides is 2. The normalized spacial score (nSPS) is 19.1. The quantitative estimate of drug-likeness (QED) is 0.124. The highest BCUT2D eigenvalue weighted by Gasteiger charge is 2.38. The van der Waals surface area contributed by atoms with E-state index in [1.54, 1.807) is 29.4 Å². The number of aromatic nitrogens is 4. The molecule has 54 heavy (non-hydrogen) atoms. The molecular formula is C43H36N6O5. The number of carbonyl (C=O) groups is 2. The van der Waals surface area contributed by atoms with E-state index < -0.39 is 6.04 Å². The van der Waals surface area contributed by atoms with Crippen molar-refractivity contribution in [2.75, 3.05) is 6.61 Å². The van der Waals surface area contributed by atoms with Crippen molar-refractivity contribution in [3.63, 3.8) is 0 Å². The average molecular weight is 717 g/mol. The van der Waals surface area contributed by atoms with Crippen LogP contribution in [0.2, 0.25) is 0 Å². The lowest BCUT2D eigenvalue weighted by molar-refractivity contribution is -0.126. The van der Waals surface area contributed by atoms with Crippen molar-refractivity contribution >= 4 is 33.6 Å². The number of nitrogens with zero attached hydrogens (tertiary/aromatic N) is 4. The number of pyridine rings is 3. The molecular weight excluding hydrogens is 681 g/mol. The van der Waals surface area contributed by atoms with Crippen LogP contribution in [-0.4, -0.2) is 61.5 Å². The minimum atomic E-state index is -0.485. The summed E-state index contributed by atoms with van der Waals surface area (Å²) in [4.78, 5) is 43.8. The smallest absolute Gasteiger partial charge is 0.255 e. The zero-order chi connectivity index (χ0) is 36.6. The topological polar surface area (TPSA) is 132 Å². The van der Waals surface area contributed by atoms with Gasteiger partial charge in [0.25, 0.3) is 5.91 Å². The Morgan fingerprint density at radius 1 is 0.852 bits per heavy atom. The Balaban J connectivity index is 0.706. The van der Waals surface area contributed by atoms with Crippen molar-refractivity contribution in [3.05, 3.63) is 121 Å². The molecule has 2 aromatic carbocycles. The van der Waals surface area contributed by atoms with Crippen LogP contribution in [0, 0.1) is 11.8 Å². The van der Waals surface area contributed by atoms with Crippen molar-refractivity contribution in [2.24, 2.45) is 0 Å². The summed E-state index contributed by atoms with van der Waals surface area (Å²) < 4.78 is 18.1. The highest BCUT2D eigenvalue weighted by Crippen LogP contribution is 2.33. The summed E-state index contributed by atoms with van der Waals surface area (Å²) >= 11 is 0. The van der Waals surface area contributed by atoms with Crippen molar-refractivity contribution in [2.45, 2.75) is 56.9 Å². The zero-order valence-corrected chi connectivity index (χ0v) is 29.4. The number of carbonyl (C=O) groups excluding carboxylic acids is 2. The summed E-state index contributed by atoms with van der Waals surface area (Å²) in [7, 11) is 0. The number of nitrogens with one attached hydrogen (secondary N) is 2. The fraction of sp³-hybridized carbons (Fsp3) is 0.233. The molecule has 1 saturated heterocycles. The van der Waals surface area contributed by atoms with E-state index >= 15 is 0 Å². The van der Waals surface area contributed by atoms with Gasteiger partial charge in [0.15, 0.2) is 0 Å². The van der Waals surface area contributed by atoms with Crippen LogP contribution in [0.4, 0.5) is 0 Å². The molecule has 0 bridgehead atoms. The third kappa shape index (κ3) is 6.70. The van der Waals surface area contributed by atoms with Gasteiger partial charge in [-0.25, -0.2) is 9.97 Å². The molecule has 1 saturated carbocycles. The molecule has 0 spiro atoms. The number of benzene rings is 2. The van der Waals surface area contributed by atoms with Gasteiger partial charge in [-0.3, -0.25) is 14.6 Å². The van der Waals surface area contributed by atoms with Gasteiger partial charge >= 0.3 is 0 Å². The summed E-state index contributed by atoms with van der Waals surface area (Å²) in [5, 5.41) is 5.03. The number of aromatic amines is 1. The highest BCUT2D eigenvalue weighted by molar-refractivity contribution is 6.07. The molecule has 1 unspecified atom stereocenters. The molecule has 2 aliphatic heterocycles. The number of piperidine rings is 1. The second-order valence-corrected chi connectivity index (χ2v) is 13.8. The van der Waals surface area contributed by atoms with Crippen LogP contribution in [-0.2, 0) is 11.3 Å². The van der Waals surface area contributed by atoms with Gasteiger partial charge in [-0.05, 0) is 78.4 Å². The van der Waals surface area contributed by atoms with Gasteiger partial charge in [0.05, 0.1) is 12.8 Å². The van der Waals surface area contributed by atoms with E-state index in [0.717, 1.165) is 51.3 Å². The van der Waals surface area contributed by atoms with E-state index in [1.165, 1.54) is 0 Å². The first-order valence-corrected chi connectivity index (χ1v) is 18.1. The molecule has 6 heterocycles. The third-order valence-electron chi connectivity index (χ3n) is 10.2. The number of ether oxygens (including phenoxy) is 3. The SMILES string of the molecule is C=C1CCC(N2Cc3cc(OCCC#Cc4ccc(OC5CC(Oc6ccc(-c7ccc8c(c7)[nH]c7ccncc78)cn6)C5)cn4)ccc3C2=O)C(=O)N1. The molecule has 4 aromatic heterocycles. The molecule has 3 aliphatic rings. The number of allylic oxidation sites excluding steroid dienone is 1. The standard InChI is InChI=1S/C43H36N6O5/c1-26-5-13-40(42(50)47-26)49-25-29-18-31(10-12-35(29)43(49)51)52-17-3-2-4-30-8-9-32(23-45-30)53-33-20-34(21-33)54-41-14-7-28(22-46-41)27-6-11-36-37-24-44-16-15-38(37)48-39(36)19-27/h6-12,14-16,18-19,22-24,33-34,40,48H,1,3,5,13,17,20-21,25H2,(H,47,50). The molecule has 1 atom stereocenters. The van der Waals surface area contributed by atoms with Gasteiger partial charge in [0.1, 0.15) is 35.4 Å². The molecule has 2 N–H and O–H groups in total. The van der Waals surface area contributed by atoms with Crippen LogP contribution >= 0.6 is 0 Å². The fourth-order valence-electron chi connectivity index (χ4n) is 7.24. The lowest BCUT2D eigenvalue weighted by Crippen LogP contribution is -2.49. The van der Waals surface area contributed by atoms with E-state index in [0.29, 0.717) is 66.7 Å². The fourth-order valence-corrected chi connectivity index (χ4v) is 7.24. The summed E-state index contributed by atoms with van der Waals surface area (Å²) in [5.41, 5.74) is 7.05. The second-order valence-electron chi connectivity index (χ2n) is 13.8. The third-order valence-corrected chi connectivity index (χ3v) is 10.2. The maximum absolute atomic E-state index is 13.0. The Morgan fingerprint density at radius 2 is 1.72 bits per heavy atom. The van der Waals surface area contributed by atoms with E-state index in [9.17, 15) is 9.59 Å². The molecule has 268 valence electrons. The Hall–Kier alpha value is -6.67. The minimum Gasteiger partial charge on any atom is -0.493 e. The van der Waals surface area contributed by atoms with Crippen molar-refractivity contribution in [3.8, 4) is 40.3 Å². The van der Waals surface area contributed by atoms with Crippen LogP contribution in [0.15, 0.2) is 104 Å². The Bertz CT molecular complexity index is 2480. The number of hydrogen-bond donors (Lipinski definition) is 2. The first-order chi connectivity index (χ1) is 26.4. The van der Waals surface area contributed by atoms with Crippen molar-refractivity contribution in [1.82, 2.24) is 30.2 Å². The molecule has 0 radical (unpaired) electrons. The second kappa shape index (κ2) is 14.0. The van der Waals surface area contributed by atoms with Gasteiger partial charge in [-0.1, -0.05) is 24.6 Å². The largest absolute Gasteiger partial charge is 0.493 e. The molecule has 11 heteroatoms. The van der Waals surface area contributed by atoms with E-state index in [4.69, 9.17) is 14.2 Å². The van der Waals surface area contributed by atoms with Gasteiger partial charge in [-0.15, -0.1) is 0 Å². The molecule has 9 rings (SSSR count). The first-order valence-electron chi connectivity index (χ1n) is 18.1. The van der Waals surface area contributed by atoms with Crippen LogP contribution in [0.1, 0.15) is 53.7 Å². The minimum absolute atomic E-state index is 0.0463. The maximum atomic E-state index is 13.0. The van der Waals surface area contributed by atoms with Crippen molar-refractivity contribution < 1.29 is 23.8 Å². The van der Waals surface area contributed by atoms with E-state index in [-0.39, 0.29) is 24.0 Å². The Labute approximate surface area is 311 Å². The first kappa shape index (κ1) is 33.2. The van der Waals surface area contributed by atoms with Crippen LogP contribution < -0.4 is 19.5 Å². The van der Waals surface area contributed by atoms with Gasteiger partial charge < -0.3 is 29.4 Å². The van der Waals surface area contributed by atoms with Crippen LogP contribution in [0.5, 0.6) is 17.4 Å². The summed E-state index contributed by atoms with van der Waals surface area (Å²) in [6.07, 6.45) is 10.6. The van der Waals surface area contributed by atoms with E-state index in [2.05, 4.69) is 61.9 Å². The van der Waals surface area contributed by atoms with Crippen LogP contribution in [0.3, 0.4) is 0 Å². The number of rotatable bonds is 9. The monoisotopic (exact) mass is 716 g/mol. The maximum Gasteiger partial charge on any atom is 0.255 e. The highest BCUT2D eigenvalue weighted by atomic mass is 16.5. The van der Waals surface area contributed by atoms with Gasteiger partial charge in [0, 0.05) is 89.1 Å². The van der Waals surface area contributed by atoms with Crippen molar-refractivity contribution in [1.29, 1.82) is 0 Å². The average Bonchev–Trinajstić information content (AvgIpc) is 3.71. The number of H-pyrrole nitrogens is 1. The van der Waals surface area contributed by atoms with E-state index in [1.807, 2.05) is 48.8 Å². The Kier molecular flexibility index (Phi) is 8.63. The van der Waals surface area contributed by atoms with Gasteiger partial charge in [0.2, 0.25) is 11.8 Å². The predicted molar refractivity (Wildman–Crippen MR) is 203 cm³/mol. The lowest BCUT2D eigenvalue weighted by Gasteiger charge is -2.34. The summed E-state index contributed by atoms with van der Waals surface area (Å²) in [6.45, 7) is 4.60. The number of hydrogen-bond acceptors (Lipinski definition) is 8. The Morgan fingerprint density at radius 3 is 2.56 bits per heavy atom. The molecule has 2 fully saturated rings. The zero-order valence-electron chi connectivity index (χ0n) is 29.4. The summed E-state index contributed by atoms with van der Waals surface area (Å²) in [6, 6.07) is 21.0. The molecule has 6 aromatic rings. The molecule has 11 nitrogen and oxygen atoms in total. The lowest BCUT2D eigenvalue weighted by atomic mass is 9.92. The van der Waals surface area contributed by atoms with Gasteiger partial charge in [-0.2, -0.15) is 0 Å². The summed E-state index contributed by atoms with van der Waals surface area (Å²) in [5.74, 6) is 7.84. The molecule has 1 aliphatic carbocycles.